The molecule has 4 unspecified atom stereocenters. The summed E-state index contributed by atoms with van der Waals surface area (Å²) in [5.74, 6) is -1.53. The van der Waals surface area contributed by atoms with Crippen LogP contribution in [-0.4, -0.2) is 35.2 Å². The van der Waals surface area contributed by atoms with E-state index in [-0.39, 0.29) is 18.1 Å². The monoisotopic (exact) mass is 257 g/mol. The minimum atomic E-state index is -0.919. The summed E-state index contributed by atoms with van der Waals surface area (Å²) in [6, 6.07) is -0.761. The molecule has 6 heteroatoms. The maximum atomic E-state index is 11.7. The molecular formula is C12H23N3O3. The Bertz CT molecular complexity index is 309. The van der Waals surface area contributed by atoms with Gasteiger partial charge in [-0.1, -0.05) is 12.8 Å². The van der Waals surface area contributed by atoms with E-state index in [0.717, 1.165) is 25.7 Å². The standard InChI is InChI=1S/C12H23N3O3/c1-7(11(16)17)8(2)14-12(18)15-10-6-4-3-5-9(10)13/h7-10H,3-6,13H2,1-2H3,(H,16,17)(H2,14,15,18). The molecule has 0 aromatic carbocycles. The van der Waals surface area contributed by atoms with Gasteiger partial charge in [-0.05, 0) is 26.7 Å². The van der Waals surface area contributed by atoms with Gasteiger partial charge in [-0.2, -0.15) is 0 Å². The van der Waals surface area contributed by atoms with Crippen LogP contribution in [0.2, 0.25) is 0 Å². The molecule has 1 saturated carbocycles. The number of carbonyl (C=O) groups excluding carboxylic acids is 1. The van der Waals surface area contributed by atoms with Gasteiger partial charge in [0, 0.05) is 18.1 Å². The van der Waals surface area contributed by atoms with Gasteiger partial charge in [-0.15, -0.1) is 0 Å². The topological polar surface area (TPSA) is 104 Å². The molecule has 2 amide bonds. The molecule has 1 rings (SSSR count). The molecule has 1 fully saturated rings. The number of urea groups is 1. The molecule has 104 valence electrons. The van der Waals surface area contributed by atoms with E-state index in [1.807, 2.05) is 0 Å². The van der Waals surface area contributed by atoms with E-state index in [1.54, 1.807) is 13.8 Å². The van der Waals surface area contributed by atoms with Gasteiger partial charge in [0.05, 0.1) is 5.92 Å². The molecule has 0 radical (unpaired) electrons. The van der Waals surface area contributed by atoms with Gasteiger partial charge in [0.25, 0.3) is 0 Å². The Morgan fingerprint density at radius 2 is 1.89 bits per heavy atom. The molecule has 5 N–H and O–H groups in total. The summed E-state index contributed by atoms with van der Waals surface area (Å²) < 4.78 is 0. The normalized spacial score (nSPS) is 27.1. The van der Waals surface area contributed by atoms with Crippen LogP contribution < -0.4 is 16.4 Å². The molecule has 0 aromatic heterocycles. The third kappa shape index (κ3) is 4.18. The fraction of sp³-hybridized carbons (Fsp3) is 0.833. The van der Waals surface area contributed by atoms with Gasteiger partial charge in [0.1, 0.15) is 0 Å². The van der Waals surface area contributed by atoms with Crippen LogP contribution in [0.5, 0.6) is 0 Å². The van der Waals surface area contributed by atoms with Crippen molar-refractivity contribution in [3.8, 4) is 0 Å². The van der Waals surface area contributed by atoms with Crippen LogP contribution in [0.3, 0.4) is 0 Å². The quantitative estimate of drug-likeness (QED) is 0.594. The van der Waals surface area contributed by atoms with Crippen LogP contribution in [-0.2, 0) is 4.79 Å². The van der Waals surface area contributed by atoms with E-state index in [9.17, 15) is 9.59 Å². The second-order valence-electron chi connectivity index (χ2n) is 5.09. The predicted octanol–water partition coefficient (Wildman–Crippen LogP) is 0.665. The van der Waals surface area contributed by atoms with Crippen LogP contribution in [0.4, 0.5) is 4.79 Å². The van der Waals surface area contributed by atoms with Crippen molar-refractivity contribution in [3.05, 3.63) is 0 Å². The molecule has 18 heavy (non-hydrogen) atoms. The minimum Gasteiger partial charge on any atom is -0.481 e. The highest BCUT2D eigenvalue weighted by Crippen LogP contribution is 2.16. The van der Waals surface area contributed by atoms with Crippen molar-refractivity contribution in [2.45, 2.75) is 57.7 Å². The number of nitrogens with two attached hydrogens (primary N) is 1. The Morgan fingerprint density at radius 3 is 2.44 bits per heavy atom. The van der Waals surface area contributed by atoms with Crippen LogP contribution >= 0.6 is 0 Å². The SMILES string of the molecule is CC(NC(=O)NC1CCCCC1N)C(C)C(=O)O. The Morgan fingerprint density at radius 1 is 1.28 bits per heavy atom. The fourth-order valence-corrected chi connectivity index (χ4v) is 2.09. The molecular weight excluding hydrogens is 234 g/mol. The van der Waals surface area contributed by atoms with E-state index >= 15 is 0 Å². The Balaban J connectivity index is 2.38. The first-order valence-corrected chi connectivity index (χ1v) is 6.47. The van der Waals surface area contributed by atoms with Crippen molar-refractivity contribution in [3.63, 3.8) is 0 Å². The Kier molecular flexibility index (Phi) is 5.40. The molecule has 0 aromatic rings. The van der Waals surface area contributed by atoms with Crippen LogP contribution in [0, 0.1) is 5.92 Å². The number of rotatable bonds is 4. The smallest absolute Gasteiger partial charge is 0.315 e. The van der Waals surface area contributed by atoms with Crippen molar-refractivity contribution in [1.82, 2.24) is 10.6 Å². The van der Waals surface area contributed by atoms with Crippen molar-refractivity contribution in [2.24, 2.45) is 11.7 Å². The average molecular weight is 257 g/mol. The number of hydrogen-bond acceptors (Lipinski definition) is 3. The largest absolute Gasteiger partial charge is 0.481 e. The summed E-state index contributed by atoms with van der Waals surface area (Å²) in [6.45, 7) is 3.25. The highest BCUT2D eigenvalue weighted by atomic mass is 16.4. The number of aliphatic carboxylic acids is 1. The summed E-state index contributed by atoms with van der Waals surface area (Å²) in [5, 5.41) is 14.3. The van der Waals surface area contributed by atoms with Gasteiger partial charge in [-0.25, -0.2) is 4.79 Å². The molecule has 1 aliphatic rings. The third-order valence-electron chi connectivity index (χ3n) is 3.63. The summed E-state index contributed by atoms with van der Waals surface area (Å²) in [4.78, 5) is 22.5. The molecule has 6 nitrogen and oxygen atoms in total. The van der Waals surface area contributed by atoms with Crippen LogP contribution in [0.15, 0.2) is 0 Å². The molecule has 0 aliphatic heterocycles. The second kappa shape index (κ2) is 6.58. The summed E-state index contributed by atoms with van der Waals surface area (Å²) in [6.07, 6.45) is 3.98. The first-order chi connectivity index (χ1) is 8.41. The van der Waals surface area contributed by atoms with Gasteiger partial charge >= 0.3 is 12.0 Å². The van der Waals surface area contributed by atoms with Crippen molar-refractivity contribution < 1.29 is 14.7 Å². The van der Waals surface area contributed by atoms with E-state index in [2.05, 4.69) is 10.6 Å². The van der Waals surface area contributed by atoms with E-state index in [1.165, 1.54) is 0 Å². The molecule has 1 aliphatic carbocycles. The Labute approximate surface area is 107 Å². The molecule has 0 heterocycles. The summed E-state index contributed by atoms with van der Waals surface area (Å²) >= 11 is 0. The first-order valence-electron chi connectivity index (χ1n) is 6.47. The predicted molar refractivity (Wildman–Crippen MR) is 68.2 cm³/mol. The number of carbonyl (C=O) groups is 2. The highest BCUT2D eigenvalue weighted by Gasteiger charge is 2.25. The Hall–Kier alpha value is -1.30. The van der Waals surface area contributed by atoms with Crippen molar-refractivity contribution in [1.29, 1.82) is 0 Å². The number of carboxylic acid groups (broad SMARTS) is 1. The fourth-order valence-electron chi connectivity index (χ4n) is 2.09. The van der Waals surface area contributed by atoms with Crippen LogP contribution in [0.1, 0.15) is 39.5 Å². The van der Waals surface area contributed by atoms with Gasteiger partial charge < -0.3 is 21.5 Å². The summed E-state index contributed by atoms with van der Waals surface area (Å²) in [7, 11) is 0. The van der Waals surface area contributed by atoms with Crippen molar-refractivity contribution in [2.75, 3.05) is 0 Å². The lowest BCUT2D eigenvalue weighted by Crippen LogP contribution is -2.54. The highest BCUT2D eigenvalue weighted by molar-refractivity contribution is 5.76. The van der Waals surface area contributed by atoms with Crippen LogP contribution in [0.25, 0.3) is 0 Å². The number of nitrogens with one attached hydrogen (secondary N) is 2. The van der Waals surface area contributed by atoms with E-state index in [4.69, 9.17) is 10.8 Å². The number of hydrogen-bond donors (Lipinski definition) is 4. The number of carboxylic acids is 1. The maximum absolute atomic E-state index is 11.7. The first kappa shape index (κ1) is 14.8. The molecule has 0 saturated heterocycles. The van der Waals surface area contributed by atoms with Gasteiger partial charge in [0.2, 0.25) is 0 Å². The lowest BCUT2D eigenvalue weighted by atomic mass is 9.91. The maximum Gasteiger partial charge on any atom is 0.315 e. The van der Waals surface area contributed by atoms with E-state index in [0.29, 0.717) is 0 Å². The molecule has 4 atom stereocenters. The number of amides is 2. The van der Waals surface area contributed by atoms with Crippen molar-refractivity contribution >= 4 is 12.0 Å². The summed E-state index contributed by atoms with van der Waals surface area (Å²) in [5.41, 5.74) is 5.93. The zero-order valence-electron chi connectivity index (χ0n) is 11.0. The molecule has 0 spiro atoms. The minimum absolute atomic E-state index is 0.00305. The zero-order chi connectivity index (χ0) is 13.7. The van der Waals surface area contributed by atoms with E-state index < -0.39 is 17.9 Å². The lowest BCUT2D eigenvalue weighted by Gasteiger charge is -2.30. The molecule has 0 bridgehead atoms. The van der Waals surface area contributed by atoms with Gasteiger partial charge in [0.15, 0.2) is 0 Å². The second-order valence-corrected chi connectivity index (χ2v) is 5.09. The zero-order valence-corrected chi connectivity index (χ0v) is 11.0. The van der Waals surface area contributed by atoms with Gasteiger partial charge in [-0.3, -0.25) is 4.79 Å². The lowest BCUT2D eigenvalue weighted by molar-refractivity contribution is -0.141. The average Bonchev–Trinajstić information content (AvgIpc) is 2.30. The third-order valence-corrected chi connectivity index (χ3v) is 3.63.